The molecule has 0 fully saturated rings. The maximum absolute atomic E-state index is 12.7. The second-order valence-corrected chi connectivity index (χ2v) is 3.17. The van der Waals surface area contributed by atoms with Crippen LogP contribution in [0.5, 0.6) is 0 Å². The van der Waals surface area contributed by atoms with Gasteiger partial charge in [-0.05, 0) is 31.2 Å². The van der Waals surface area contributed by atoms with Gasteiger partial charge in [0, 0.05) is 0 Å². The van der Waals surface area contributed by atoms with Crippen LogP contribution in [0, 0.1) is 12.7 Å². The van der Waals surface area contributed by atoms with Crippen molar-refractivity contribution in [1.82, 2.24) is 14.8 Å². The van der Waals surface area contributed by atoms with Gasteiger partial charge in [-0.1, -0.05) is 0 Å². The van der Waals surface area contributed by atoms with Crippen LogP contribution in [0.3, 0.4) is 0 Å². The van der Waals surface area contributed by atoms with Crippen LogP contribution < -0.4 is 5.73 Å². The average Bonchev–Trinajstić information content (AvgIpc) is 2.61. The van der Waals surface area contributed by atoms with Crippen molar-refractivity contribution in [2.75, 3.05) is 0 Å². The number of hydrogen-bond donors (Lipinski definition) is 1. The molecule has 1 aromatic heterocycles. The number of nitrogens with two attached hydrogens (primary N) is 1. The summed E-state index contributed by atoms with van der Waals surface area (Å²) in [5.74, 6) is 1.05. The van der Waals surface area contributed by atoms with Crippen molar-refractivity contribution >= 4 is 0 Å². The van der Waals surface area contributed by atoms with E-state index in [0.29, 0.717) is 18.2 Å². The van der Waals surface area contributed by atoms with Gasteiger partial charge in [-0.15, -0.1) is 0 Å². The van der Waals surface area contributed by atoms with E-state index in [2.05, 4.69) is 10.1 Å². The van der Waals surface area contributed by atoms with Gasteiger partial charge in [0.25, 0.3) is 0 Å². The molecule has 0 spiro atoms. The zero-order valence-corrected chi connectivity index (χ0v) is 8.31. The van der Waals surface area contributed by atoms with Gasteiger partial charge in [-0.2, -0.15) is 5.10 Å². The molecule has 0 aliphatic carbocycles. The summed E-state index contributed by atoms with van der Waals surface area (Å²) in [6.07, 6.45) is 0. The zero-order valence-electron chi connectivity index (χ0n) is 8.31. The zero-order chi connectivity index (χ0) is 10.8. The molecule has 0 atom stereocenters. The molecule has 15 heavy (non-hydrogen) atoms. The minimum Gasteiger partial charge on any atom is -0.324 e. The third-order valence-electron chi connectivity index (χ3n) is 2.03. The summed E-state index contributed by atoms with van der Waals surface area (Å²) in [4.78, 5) is 4.16. The molecular formula is C10H11FN4. The van der Waals surface area contributed by atoms with E-state index < -0.39 is 0 Å². The monoisotopic (exact) mass is 206 g/mol. The molecule has 0 bridgehead atoms. The van der Waals surface area contributed by atoms with E-state index in [1.54, 1.807) is 23.7 Å². The van der Waals surface area contributed by atoms with Crippen molar-refractivity contribution < 1.29 is 4.39 Å². The summed E-state index contributed by atoms with van der Waals surface area (Å²) in [5.41, 5.74) is 6.30. The highest BCUT2D eigenvalue weighted by molar-refractivity contribution is 5.31. The molecule has 2 N–H and O–H groups in total. The first kappa shape index (κ1) is 9.79. The van der Waals surface area contributed by atoms with Crippen LogP contribution in [0.2, 0.25) is 0 Å². The van der Waals surface area contributed by atoms with Gasteiger partial charge in [0.15, 0.2) is 0 Å². The van der Waals surface area contributed by atoms with E-state index in [0.717, 1.165) is 5.69 Å². The summed E-state index contributed by atoms with van der Waals surface area (Å²) in [7, 11) is 0. The van der Waals surface area contributed by atoms with E-state index in [9.17, 15) is 4.39 Å². The van der Waals surface area contributed by atoms with Gasteiger partial charge in [0.1, 0.15) is 17.5 Å². The maximum atomic E-state index is 12.7. The Morgan fingerprint density at radius 3 is 2.60 bits per heavy atom. The number of halogens is 1. The minimum atomic E-state index is -0.273. The molecule has 0 amide bonds. The largest absolute Gasteiger partial charge is 0.324 e. The normalized spacial score (nSPS) is 10.6. The summed E-state index contributed by atoms with van der Waals surface area (Å²) in [6, 6.07) is 6.05. The van der Waals surface area contributed by atoms with E-state index in [4.69, 9.17) is 5.73 Å². The van der Waals surface area contributed by atoms with Crippen molar-refractivity contribution in [3.63, 3.8) is 0 Å². The van der Waals surface area contributed by atoms with Gasteiger partial charge in [-0.25, -0.2) is 14.1 Å². The fourth-order valence-corrected chi connectivity index (χ4v) is 1.38. The molecule has 2 aromatic rings. The van der Waals surface area contributed by atoms with Crippen molar-refractivity contribution in [2.24, 2.45) is 5.73 Å². The molecule has 0 unspecified atom stereocenters. The molecule has 0 aliphatic heterocycles. The number of nitrogens with zero attached hydrogens (tertiary/aromatic N) is 3. The van der Waals surface area contributed by atoms with Crippen LogP contribution in [0.4, 0.5) is 4.39 Å². The minimum absolute atomic E-state index is 0.273. The Kier molecular flexibility index (Phi) is 2.47. The Hall–Kier alpha value is -1.75. The highest BCUT2D eigenvalue weighted by atomic mass is 19.1. The summed E-state index contributed by atoms with van der Waals surface area (Å²) in [5, 5.41) is 4.18. The lowest BCUT2D eigenvalue weighted by Gasteiger charge is -2.03. The fraction of sp³-hybridized carbons (Fsp3) is 0.200. The van der Waals surface area contributed by atoms with Crippen LogP contribution in [-0.2, 0) is 6.54 Å². The van der Waals surface area contributed by atoms with Crippen LogP contribution >= 0.6 is 0 Å². The smallest absolute Gasteiger partial charge is 0.148 e. The summed E-state index contributed by atoms with van der Waals surface area (Å²) < 4.78 is 14.3. The third kappa shape index (κ3) is 1.87. The Balaban J connectivity index is 2.48. The Morgan fingerprint density at radius 2 is 2.00 bits per heavy atom. The maximum Gasteiger partial charge on any atom is 0.148 e. The van der Waals surface area contributed by atoms with Crippen molar-refractivity contribution in [3.8, 4) is 5.69 Å². The molecule has 5 heteroatoms. The van der Waals surface area contributed by atoms with Crippen molar-refractivity contribution in [2.45, 2.75) is 13.5 Å². The van der Waals surface area contributed by atoms with Crippen molar-refractivity contribution in [3.05, 3.63) is 41.7 Å². The van der Waals surface area contributed by atoms with Gasteiger partial charge in [0.05, 0.1) is 12.2 Å². The lowest BCUT2D eigenvalue weighted by atomic mass is 10.3. The first-order valence-corrected chi connectivity index (χ1v) is 4.59. The summed E-state index contributed by atoms with van der Waals surface area (Å²) >= 11 is 0. The Morgan fingerprint density at radius 1 is 1.33 bits per heavy atom. The molecule has 0 saturated heterocycles. The molecule has 2 rings (SSSR count). The van der Waals surface area contributed by atoms with Crippen LogP contribution in [0.25, 0.3) is 5.69 Å². The van der Waals surface area contributed by atoms with E-state index in [-0.39, 0.29) is 5.82 Å². The average molecular weight is 206 g/mol. The number of benzene rings is 1. The highest BCUT2D eigenvalue weighted by Crippen LogP contribution is 2.10. The summed E-state index contributed by atoms with van der Waals surface area (Å²) in [6.45, 7) is 2.09. The molecule has 0 radical (unpaired) electrons. The molecule has 1 aromatic carbocycles. The molecule has 4 nitrogen and oxygen atoms in total. The first-order chi connectivity index (χ1) is 7.20. The fourth-order valence-electron chi connectivity index (χ4n) is 1.38. The van der Waals surface area contributed by atoms with Crippen molar-refractivity contribution in [1.29, 1.82) is 0 Å². The molecule has 0 saturated carbocycles. The van der Waals surface area contributed by atoms with E-state index in [1.165, 1.54) is 12.1 Å². The molecular weight excluding hydrogens is 195 g/mol. The predicted octanol–water partition coefficient (Wildman–Crippen LogP) is 1.17. The van der Waals surface area contributed by atoms with Gasteiger partial charge < -0.3 is 5.73 Å². The first-order valence-electron chi connectivity index (χ1n) is 4.59. The molecule has 1 heterocycles. The van der Waals surface area contributed by atoms with E-state index >= 15 is 0 Å². The lowest BCUT2D eigenvalue weighted by molar-refractivity contribution is 0.626. The van der Waals surface area contributed by atoms with Gasteiger partial charge in [0.2, 0.25) is 0 Å². The third-order valence-corrected chi connectivity index (χ3v) is 2.03. The van der Waals surface area contributed by atoms with Gasteiger partial charge in [-0.3, -0.25) is 0 Å². The molecule has 78 valence electrons. The standard InChI is InChI=1S/C10H11FN4/c1-7-13-10(6-12)15(14-7)9-4-2-8(11)3-5-9/h2-5H,6,12H2,1H3. The predicted molar refractivity (Wildman–Crippen MR) is 53.9 cm³/mol. The number of aromatic nitrogens is 3. The van der Waals surface area contributed by atoms with Crippen LogP contribution in [-0.4, -0.2) is 14.8 Å². The number of rotatable bonds is 2. The second kappa shape index (κ2) is 3.78. The SMILES string of the molecule is Cc1nc(CN)n(-c2ccc(F)cc2)n1. The van der Waals surface area contributed by atoms with Crippen LogP contribution in [0.1, 0.15) is 11.6 Å². The topological polar surface area (TPSA) is 56.7 Å². The Bertz CT molecular complexity index is 461. The van der Waals surface area contributed by atoms with Gasteiger partial charge >= 0.3 is 0 Å². The van der Waals surface area contributed by atoms with Crippen LogP contribution in [0.15, 0.2) is 24.3 Å². The second-order valence-electron chi connectivity index (χ2n) is 3.17. The lowest BCUT2D eigenvalue weighted by Crippen LogP contribution is -2.07. The highest BCUT2D eigenvalue weighted by Gasteiger charge is 2.07. The number of hydrogen-bond acceptors (Lipinski definition) is 3. The van der Waals surface area contributed by atoms with E-state index in [1.807, 2.05) is 0 Å². The molecule has 0 aliphatic rings. The quantitative estimate of drug-likeness (QED) is 0.802. The number of aryl methyl sites for hydroxylation is 1. The Labute approximate surface area is 86.6 Å².